The smallest absolute Gasteiger partial charge is 0.311 e. The summed E-state index contributed by atoms with van der Waals surface area (Å²) in [6.07, 6.45) is 1.70. The molecule has 0 spiro atoms. The number of carboxylic acids is 1. The number of aryl methyl sites for hydroxylation is 2. The lowest BCUT2D eigenvalue weighted by molar-refractivity contribution is -0.136. The van der Waals surface area contributed by atoms with Crippen molar-refractivity contribution in [1.82, 2.24) is 9.97 Å². The van der Waals surface area contributed by atoms with Crippen molar-refractivity contribution in [1.29, 1.82) is 0 Å². The summed E-state index contributed by atoms with van der Waals surface area (Å²) in [5.74, 6) is -0.291. The van der Waals surface area contributed by atoms with E-state index in [1.54, 1.807) is 0 Å². The second-order valence-electron chi connectivity index (χ2n) is 2.89. The normalized spacial score (nSPS) is 10.3. The molecule has 0 aromatic carbocycles. The molecule has 1 aromatic rings. The van der Waals surface area contributed by atoms with Crippen LogP contribution in [0.15, 0.2) is 0 Å². The van der Waals surface area contributed by atoms with E-state index in [2.05, 4.69) is 9.97 Å². The standard InChI is InChI=1S/C9H14N2O2/c1-3-6-7(4-2)11-8(10-6)5-9(12)13/h3-5H2,1-2H3,(H,10,11)(H,12,13). The molecule has 0 aliphatic carbocycles. The fourth-order valence-corrected chi connectivity index (χ4v) is 1.32. The van der Waals surface area contributed by atoms with Crippen LogP contribution in [0.1, 0.15) is 31.1 Å². The van der Waals surface area contributed by atoms with Gasteiger partial charge in [-0.3, -0.25) is 4.79 Å². The Morgan fingerprint density at radius 3 is 2.54 bits per heavy atom. The first-order valence-electron chi connectivity index (χ1n) is 4.45. The molecule has 4 nitrogen and oxygen atoms in total. The van der Waals surface area contributed by atoms with E-state index in [4.69, 9.17) is 5.11 Å². The number of imidazole rings is 1. The molecular formula is C9H14N2O2. The molecule has 13 heavy (non-hydrogen) atoms. The van der Waals surface area contributed by atoms with E-state index in [0.717, 1.165) is 24.2 Å². The van der Waals surface area contributed by atoms with Gasteiger partial charge in [0.1, 0.15) is 12.2 Å². The van der Waals surface area contributed by atoms with E-state index in [-0.39, 0.29) is 6.42 Å². The van der Waals surface area contributed by atoms with Crippen LogP contribution in [0.3, 0.4) is 0 Å². The van der Waals surface area contributed by atoms with Crippen molar-refractivity contribution >= 4 is 5.97 Å². The molecule has 0 radical (unpaired) electrons. The number of aliphatic carboxylic acids is 1. The molecule has 4 heteroatoms. The first-order chi connectivity index (χ1) is 6.17. The molecule has 0 bridgehead atoms. The van der Waals surface area contributed by atoms with Gasteiger partial charge in [0.2, 0.25) is 0 Å². The highest BCUT2D eigenvalue weighted by Gasteiger charge is 2.09. The SMILES string of the molecule is CCc1nc(CC(=O)O)[nH]c1CC. The Morgan fingerprint density at radius 1 is 1.46 bits per heavy atom. The van der Waals surface area contributed by atoms with E-state index in [1.807, 2.05) is 13.8 Å². The molecule has 0 atom stereocenters. The van der Waals surface area contributed by atoms with Crippen LogP contribution in [0.25, 0.3) is 0 Å². The van der Waals surface area contributed by atoms with E-state index in [1.165, 1.54) is 0 Å². The number of hydrogen-bond donors (Lipinski definition) is 2. The van der Waals surface area contributed by atoms with Gasteiger partial charge in [0.25, 0.3) is 0 Å². The Morgan fingerprint density at radius 2 is 2.15 bits per heavy atom. The molecule has 0 aliphatic rings. The Labute approximate surface area is 77.0 Å². The molecule has 72 valence electrons. The summed E-state index contributed by atoms with van der Waals surface area (Å²) in [7, 11) is 0. The number of carboxylic acid groups (broad SMARTS) is 1. The van der Waals surface area contributed by atoms with Gasteiger partial charge < -0.3 is 10.1 Å². The summed E-state index contributed by atoms with van der Waals surface area (Å²) < 4.78 is 0. The molecule has 0 unspecified atom stereocenters. The molecule has 0 fully saturated rings. The minimum atomic E-state index is -0.848. The van der Waals surface area contributed by atoms with Crippen LogP contribution < -0.4 is 0 Å². The summed E-state index contributed by atoms with van der Waals surface area (Å²) in [5, 5.41) is 8.55. The van der Waals surface area contributed by atoms with Gasteiger partial charge in [-0.2, -0.15) is 0 Å². The minimum absolute atomic E-state index is 0.0208. The zero-order valence-electron chi connectivity index (χ0n) is 7.92. The third kappa shape index (κ3) is 2.31. The number of nitrogens with zero attached hydrogens (tertiary/aromatic N) is 1. The first-order valence-corrected chi connectivity index (χ1v) is 4.45. The van der Waals surface area contributed by atoms with Crippen molar-refractivity contribution in [2.75, 3.05) is 0 Å². The highest BCUT2D eigenvalue weighted by molar-refractivity contribution is 5.69. The second-order valence-corrected chi connectivity index (χ2v) is 2.89. The highest BCUT2D eigenvalue weighted by Crippen LogP contribution is 2.08. The molecule has 1 aromatic heterocycles. The van der Waals surface area contributed by atoms with Crippen molar-refractivity contribution in [2.45, 2.75) is 33.1 Å². The molecule has 0 amide bonds. The number of aromatic amines is 1. The maximum atomic E-state index is 10.4. The van der Waals surface area contributed by atoms with Crippen molar-refractivity contribution in [3.63, 3.8) is 0 Å². The van der Waals surface area contributed by atoms with Crippen LogP contribution in [-0.2, 0) is 24.1 Å². The zero-order chi connectivity index (χ0) is 9.84. The molecule has 1 heterocycles. The van der Waals surface area contributed by atoms with E-state index < -0.39 is 5.97 Å². The number of carbonyl (C=O) groups is 1. The Hall–Kier alpha value is -1.32. The van der Waals surface area contributed by atoms with Gasteiger partial charge in [0.15, 0.2) is 0 Å². The molecular weight excluding hydrogens is 168 g/mol. The number of rotatable bonds is 4. The van der Waals surface area contributed by atoms with Crippen molar-refractivity contribution in [3.05, 3.63) is 17.2 Å². The van der Waals surface area contributed by atoms with E-state index >= 15 is 0 Å². The molecule has 0 saturated carbocycles. The third-order valence-electron chi connectivity index (χ3n) is 1.92. The summed E-state index contributed by atoms with van der Waals surface area (Å²) >= 11 is 0. The Balaban J connectivity index is 2.86. The summed E-state index contributed by atoms with van der Waals surface area (Å²) in [5.41, 5.74) is 2.04. The topological polar surface area (TPSA) is 66.0 Å². The lowest BCUT2D eigenvalue weighted by Crippen LogP contribution is -2.01. The van der Waals surface area contributed by atoms with Gasteiger partial charge in [-0.25, -0.2) is 4.98 Å². The average Bonchev–Trinajstić information content (AvgIpc) is 2.45. The van der Waals surface area contributed by atoms with Gasteiger partial charge in [-0.1, -0.05) is 13.8 Å². The van der Waals surface area contributed by atoms with Crippen LogP contribution in [0.4, 0.5) is 0 Å². The maximum absolute atomic E-state index is 10.4. The summed E-state index contributed by atoms with van der Waals surface area (Å²) in [4.78, 5) is 17.6. The summed E-state index contributed by atoms with van der Waals surface area (Å²) in [6, 6.07) is 0. The fourth-order valence-electron chi connectivity index (χ4n) is 1.32. The fraction of sp³-hybridized carbons (Fsp3) is 0.556. The van der Waals surface area contributed by atoms with Gasteiger partial charge >= 0.3 is 5.97 Å². The zero-order valence-corrected chi connectivity index (χ0v) is 7.92. The first kappa shape index (κ1) is 9.77. The molecule has 2 N–H and O–H groups in total. The predicted molar refractivity (Wildman–Crippen MR) is 48.7 cm³/mol. The Kier molecular flexibility index (Phi) is 3.06. The van der Waals surface area contributed by atoms with Gasteiger partial charge in [-0.15, -0.1) is 0 Å². The Bertz CT molecular complexity index is 283. The van der Waals surface area contributed by atoms with Crippen LogP contribution in [-0.4, -0.2) is 21.0 Å². The van der Waals surface area contributed by atoms with Crippen LogP contribution in [0.2, 0.25) is 0 Å². The molecule has 0 aliphatic heterocycles. The summed E-state index contributed by atoms with van der Waals surface area (Å²) in [6.45, 7) is 4.04. The van der Waals surface area contributed by atoms with Crippen LogP contribution >= 0.6 is 0 Å². The number of nitrogens with one attached hydrogen (secondary N) is 1. The monoisotopic (exact) mass is 182 g/mol. The van der Waals surface area contributed by atoms with Gasteiger partial charge in [0.05, 0.1) is 5.69 Å². The largest absolute Gasteiger partial charge is 0.481 e. The lowest BCUT2D eigenvalue weighted by atomic mass is 10.2. The lowest BCUT2D eigenvalue weighted by Gasteiger charge is -1.91. The molecule has 1 rings (SSSR count). The molecule has 0 saturated heterocycles. The number of aromatic nitrogens is 2. The minimum Gasteiger partial charge on any atom is -0.481 e. The van der Waals surface area contributed by atoms with E-state index in [0.29, 0.717) is 5.82 Å². The van der Waals surface area contributed by atoms with Crippen LogP contribution in [0, 0.1) is 0 Å². The van der Waals surface area contributed by atoms with Gasteiger partial charge in [0, 0.05) is 5.69 Å². The van der Waals surface area contributed by atoms with Crippen molar-refractivity contribution < 1.29 is 9.90 Å². The highest BCUT2D eigenvalue weighted by atomic mass is 16.4. The number of H-pyrrole nitrogens is 1. The third-order valence-corrected chi connectivity index (χ3v) is 1.92. The van der Waals surface area contributed by atoms with Gasteiger partial charge in [-0.05, 0) is 12.8 Å². The maximum Gasteiger partial charge on any atom is 0.311 e. The van der Waals surface area contributed by atoms with Crippen LogP contribution in [0.5, 0.6) is 0 Å². The van der Waals surface area contributed by atoms with E-state index in [9.17, 15) is 4.79 Å². The van der Waals surface area contributed by atoms with Crippen molar-refractivity contribution in [3.8, 4) is 0 Å². The average molecular weight is 182 g/mol. The second kappa shape index (κ2) is 4.07. The predicted octanol–water partition coefficient (Wildman–Crippen LogP) is 1.16. The number of hydrogen-bond acceptors (Lipinski definition) is 2. The quantitative estimate of drug-likeness (QED) is 0.734. The van der Waals surface area contributed by atoms with Crippen molar-refractivity contribution in [2.24, 2.45) is 0 Å².